The molecule has 1 aromatic carbocycles. The van der Waals surface area contributed by atoms with Gasteiger partial charge in [0.2, 0.25) is 0 Å². The number of amides is 1. The summed E-state index contributed by atoms with van der Waals surface area (Å²) in [7, 11) is 1.71. The van der Waals surface area contributed by atoms with Gasteiger partial charge in [-0.05, 0) is 31.2 Å². The number of hydrogen-bond donors (Lipinski definition) is 2. The largest absolute Gasteiger partial charge is 0.494 e. The summed E-state index contributed by atoms with van der Waals surface area (Å²) in [4.78, 5) is 12.0. The molecule has 0 saturated carbocycles. The number of carbonyl (C=O) groups is 1. The number of rotatable bonds is 4. The van der Waals surface area contributed by atoms with Gasteiger partial charge in [-0.2, -0.15) is 5.10 Å². The predicted octanol–water partition coefficient (Wildman–Crippen LogP) is 1.65. The SMILES string of the molecule is CCOc1ccc(NC(=O)c2nn(C)cc2N)cc1. The highest BCUT2D eigenvalue weighted by molar-refractivity contribution is 6.06. The lowest BCUT2D eigenvalue weighted by atomic mass is 10.3. The number of ether oxygens (including phenoxy) is 1. The van der Waals surface area contributed by atoms with Gasteiger partial charge in [0.15, 0.2) is 5.69 Å². The molecule has 0 bridgehead atoms. The van der Waals surface area contributed by atoms with Crippen molar-refractivity contribution < 1.29 is 9.53 Å². The molecular weight excluding hydrogens is 244 g/mol. The first kappa shape index (κ1) is 12.9. The number of anilines is 2. The molecule has 0 atom stereocenters. The monoisotopic (exact) mass is 260 g/mol. The Hall–Kier alpha value is -2.50. The number of nitrogen functional groups attached to an aromatic ring is 1. The van der Waals surface area contributed by atoms with E-state index in [4.69, 9.17) is 10.5 Å². The summed E-state index contributed by atoms with van der Waals surface area (Å²) in [6, 6.07) is 7.12. The average molecular weight is 260 g/mol. The van der Waals surface area contributed by atoms with Crippen molar-refractivity contribution in [2.24, 2.45) is 7.05 Å². The van der Waals surface area contributed by atoms with Gasteiger partial charge in [0, 0.05) is 18.9 Å². The Balaban J connectivity index is 2.08. The van der Waals surface area contributed by atoms with E-state index in [1.807, 2.05) is 6.92 Å². The minimum atomic E-state index is -0.331. The fourth-order valence-corrected chi connectivity index (χ4v) is 1.67. The van der Waals surface area contributed by atoms with Crippen molar-refractivity contribution in [3.63, 3.8) is 0 Å². The molecule has 0 spiro atoms. The highest BCUT2D eigenvalue weighted by Gasteiger charge is 2.13. The van der Waals surface area contributed by atoms with Crippen LogP contribution in [0.15, 0.2) is 30.5 Å². The number of aryl methyl sites for hydroxylation is 1. The van der Waals surface area contributed by atoms with Crippen molar-refractivity contribution in [3.05, 3.63) is 36.2 Å². The summed E-state index contributed by atoms with van der Waals surface area (Å²) in [5.74, 6) is 0.431. The smallest absolute Gasteiger partial charge is 0.278 e. The van der Waals surface area contributed by atoms with Gasteiger partial charge in [-0.25, -0.2) is 0 Å². The standard InChI is InChI=1S/C13H16N4O2/c1-3-19-10-6-4-9(5-7-10)15-13(18)12-11(14)8-17(2)16-12/h4-8H,3,14H2,1-2H3,(H,15,18). The molecule has 6 nitrogen and oxygen atoms in total. The normalized spacial score (nSPS) is 10.2. The lowest BCUT2D eigenvalue weighted by Gasteiger charge is -2.06. The lowest BCUT2D eigenvalue weighted by Crippen LogP contribution is -2.14. The van der Waals surface area contributed by atoms with Crippen molar-refractivity contribution in [3.8, 4) is 5.75 Å². The van der Waals surface area contributed by atoms with E-state index in [0.29, 0.717) is 18.0 Å². The van der Waals surface area contributed by atoms with Crippen LogP contribution in [0.2, 0.25) is 0 Å². The minimum absolute atomic E-state index is 0.219. The van der Waals surface area contributed by atoms with Crippen LogP contribution < -0.4 is 15.8 Å². The van der Waals surface area contributed by atoms with Gasteiger partial charge in [0.05, 0.1) is 12.3 Å². The Bertz CT molecular complexity index is 575. The first-order valence-electron chi connectivity index (χ1n) is 5.93. The summed E-state index contributed by atoms with van der Waals surface area (Å²) in [6.07, 6.45) is 1.59. The molecule has 0 fully saturated rings. The minimum Gasteiger partial charge on any atom is -0.494 e. The summed E-state index contributed by atoms with van der Waals surface area (Å²) >= 11 is 0. The second-order valence-electron chi connectivity index (χ2n) is 4.02. The Morgan fingerprint density at radius 1 is 1.42 bits per heavy atom. The molecular formula is C13H16N4O2. The van der Waals surface area contributed by atoms with Crippen LogP contribution in [0.3, 0.4) is 0 Å². The fourth-order valence-electron chi connectivity index (χ4n) is 1.67. The Kier molecular flexibility index (Phi) is 3.70. The molecule has 3 N–H and O–H groups in total. The van der Waals surface area contributed by atoms with Crippen molar-refractivity contribution in [2.75, 3.05) is 17.7 Å². The van der Waals surface area contributed by atoms with Crippen molar-refractivity contribution >= 4 is 17.3 Å². The number of aromatic nitrogens is 2. The van der Waals surface area contributed by atoms with Gasteiger partial charge < -0.3 is 15.8 Å². The van der Waals surface area contributed by atoms with E-state index in [1.54, 1.807) is 37.5 Å². The third-order valence-electron chi connectivity index (χ3n) is 2.50. The van der Waals surface area contributed by atoms with Crippen LogP contribution in [-0.4, -0.2) is 22.3 Å². The van der Waals surface area contributed by atoms with Crippen LogP contribution in [0.4, 0.5) is 11.4 Å². The van der Waals surface area contributed by atoms with Crippen LogP contribution in [0, 0.1) is 0 Å². The molecule has 0 aliphatic carbocycles. The number of benzene rings is 1. The highest BCUT2D eigenvalue weighted by Crippen LogP contribution is 2.17. The van der Waals surface area contributed by atoms with Crippen molar-refractivity contribution in [1.82, 2.24) is 9.78 Å². The topological polar surface area (TPSA) is 82.2 Å². The summed E-state index contributed by atoms with van der Waals surface area (Å²) in [6.45, 7) is 2.52. The predicted molar refractivity (Wildman–Crippen MR) is 73.2 cm³/mol. The molecule has 1 amide bonds. The van der Waals surface area contributed by atoms with Crippen LogP contribution >= 0.6 is 0 Å². The van der Waals surface area contributed by atoms with Crippen LogP contribution in [0.1, 0.15) is 17.4 Å². The van der Waals surface area contributed by atoms with Crippen molar-refractivity contribution in [2.45, 2.75) is 6.92 Å². The maximum atomic E-state index is 12.0. The molecule has 0 aliphatic rings. The van der Waals surface area contributed by atoms with Crippen LogP contribution in [0.5, 0.6) is 5.75 Å². The van der Waals surface area contributed by atoms with E-state index in [2.05, 4.69) is 10.4 Å². The molecule has 0 saturated heterocycles. The average Bonchev–Trinajstić information content (AvgIpc) is 2.71. The van der Waals surface area contributed by atoms with E-state index >= 15 is 0 Å². The van der Waals surface area contributed by atoms with E-state index in [-0.39, 0.29) is 11.6 Å². The van der Waals surface area contributed by atoms with Crippen LogP contribution in [0.25, 0.3) is 0 Å². The van der Waals surface area contributed by atoms with Gasteiger partial charge in [-0.1, -0.05) is 0 Å². The number of nitrogens with zero attached hydrogens (tertiary/aromatic N) is 2. The van der Waals surface area contributed by atoms with Gasteiger partial charge in [0.1, 0.15) is 5.75 Å². The summed E-state index contributed by atoms with van der Waals surface area (Å²) in [5.41, 5.74) is 6.93. The molecule has 6 heteroatoms. The number of nitrogens with one attached hydrogen (secondary N) is 1. The second-order valence-corrected chi connectivity index (χ2v) is 4.02. The molecule has 2 rings (SSSR count). The molecule has 0 unspecified atom stereocenters. The Morgan fingerprint density at radius 2 is 2.11 bits per heavy atom. The zero-order chi connectivity index (χ0) is 13.8. The number of nitrogens with two attached hydrogens (primary N) is 1. The third kappa shape index (κ3) is 3.04. The zero-order valence-corrected chi connectivity index (χ0v) is 10.9. The zero-order valence-electron chi connectivity index (χ0n) is 10.9. The first-order valence-corrected chi connectivity index (χ1v) is 5.93. The Labute approximate surface area is 111 Å². The fraction of sp³-hybridized carbons (Fsp3) is 0.231. The van der Waals surface area contributed by atoms with E-state index in [9.17, 15) is 4.79 Å². The van der Waals surface area contributed by atoms with Crippen LogP contribution in [-0.2, 0) is 7.05 Å². The molecule has 1 aromatic heterocycles. The number of carbonyl (C=O) groups excluding carboxylic acids is 1. The number of hydrogen-bond acceptors (Lipinski definition) is 4. The van der Waals surface area contributed by atoms with Gasteiger partial charge >= 0.3 is 0 Å². The van der Waals surface area contributed by atoms with Gasteiger partial charge in [0.25, 0.3) is 5.91 Å². The van der Waals surface area contributed by atoms with E-state index in [1.165, 1.54) is 4.68 Å². The van der Waals surface area contributed by atoms with E-state index < -0.39 is 0 Å². The third-order valence-corrected chi connectivity index (χ3v) is 2.50. The molecule has 0 aliphatic heterocycles. The second kappa shape index (κ2) is 5.43. The summed E-state index contributed by atoms with van der Waals surface area (Å²) in [5, 5.41) is 6.74. The molecule has 100 valence electrons. The quantitative estimate of drug-likeness (QED) is 0.875. The Morgan fingerprint density at radius 3 is 2.63 bits per heavy atom. The van der Waals surface area contributed by atoms with Gasteiger partial charge in [-0.15, -0.1) is 0 Å². The molecule has 0 radical (unpaired) electrons. The first-order chi connectivity index (χ1) is 9.10. The maximum absolute atomic E-state index is 12.0. The molecule has 2 aromatic rings. The summed E-state index contributed by atoms with van der Waals surface area (Å²) < 4.78 is 6.83. The maximum Gasteiger partial charge on any atom is 0.278 e. The van der Waals surface area contributed by atoms with Gasteiger partial charge in [-0.3, -0.25) is 9.48 Å². The molecule has 19 heavy (non-hydrogen) atoms. The van der Waals surface area contributed by atoms with Crippen molar-refractivity contribution in [1.29, 1.82) is 0 Å². The molecule has 1 heterocycles. The van der Waals surface area contributed by atoms with E-state index in [0.717, 1.165) is 5.75 Å². The highest BCUT2D eigenvalue weighted by atomic mass is 16.5. The lowest BCUT2D eigenvalue weighted by molar-refractivity contribution is 0.102.